The van der Waals surface area contributed by atoms with Crippen molar-refractivity contribution in [1.82, 2.24) is 9.97 Å². The zero-order valence-corrected chi connectivity index (χ0v) is 12.5. The zero-order chi connectivity index (χ0) is 17.0. The average Bonchev–Trinajstić information content (AvgIpc) is 2.46. The number of hydrogen-bond donors (Lipinski definition) is 5. The Morgan fingerprint density at radius 3 is 2.48 bits per heavy atom. The lowest BCUT2D eigenvalue weighted by atomic mass is 10.1. The SMILES string of the molecule is O=C(O)[C@H](Cc1ccc(O)cc1)N=Cc1c(O)[nH]c(=S)[nH]c1=O. The Kier molecular flexibility index (Phi) is 4.91. The number of carboxylic acids is 1. The molecule has 23 heavy (non-hydrogen) atoms. The van der Waals surface area contributed by atoms with Crippen LogP contribution in [0.15, 0.2) is 34.1 Å². The summed E-state index contributed by atoms with van der Waals surface area (Å²) in [6.45, 7) is 0. The number of phenolic OH excluding ortho intramolecular Hbond substituents is 1. The van der Waals surface area contributed by atoms with E-state index in [1.807, 2.05) is 0 Å². The summed E-state index contributed by atoms with van der Waals surface area (Å²) in [5, 5.41) is 28.1. The molecule has 0 aliphatic rings. The Balaban J connectivity index is 2.26. The number of benzene rings is 1. The van der Waals surface area contributed by atoms with E-state index in [0.29, 0.717) is 5.56 Å². The van der Waals surface area contributed by atoms with Crippen molar-refractivity contribution >= 4 is 24.4 Å². The molecule has 1 aromatic heterocycles. The maximum atomic E-state index is 11.7. The average molecular weight is 335 g/mol. The molecule has 0 aliphatic carbocycles. The smallest absolute Gasteiger partial charge is 0.328 e. The van der Waals surface area contributed by atoms with Gasteiger partial charge in [-0.25, -0.2) is 4.79 Å². The number of hydrogen-bond acceptors (Lipinski definition) is 6. The second kappa shape index (κ2) is 6.88. The van der Waals surface area contributed by atoms with Crippen molar-refractivity contribution in [2.45, 2.75) is 12.5 Å². The third kappa shape index (κ3) is 4.27. The van der Waals surface area contributed by atoms with Gasteiger partial charge in [-0.05, 0) is 29.9 Å². The van der Waals surface area contributed by atoms with Gasteiger partial charge in [0, 0.05) is 12.6 Å². The summed E-state index contributed by atoms with van der Waals surface area (Å²) in [6, 6.07) is 4.87. The Labute approximate surface area is 134 Å². The lowest BCUT2D eigenvalue weighted by Gasteiger charge is -2.07. The molecule has 0 radical (unpaired) electrons. The summed E-state index contributed by atoms with van der Waals surface area (Å²) < 4.78 is -0.0523. The predicted octanol–water partition coefficient (Wildman–Crippen LogP) is 0.958. The molecule has 0 bridgehead atoms. The number of H-pyrrole nitrogens is 2. The number of aliphatic imine (C=N–C) groups is 1. The fourth-order valence-corrected chi connectivity index (χ4v) is 2.02. The molecule has 0 aliphatic heterocycles. The molecule has 0 unspecified atom stereocenters. The van der Waals surface area contributed by atoms with Crippen molar-refractivity contribution in [3.05, 3.63) is 50.5 Å². The highest BCUT2D eigenvalue weighted by atomic mass is 32.1. The van der Waals surface area contributed by atoms with Gasteiger partial charge in [0.05, 0.1) is 0 Å². The molecular weight excluding hydrogens is 322 g/mol. The van der Waals surface area contributed by atoms with E-state index in [4.69, 9.17) is 12.2 Å². The summed E-state index contributed by atoms with van der Waals surface area (Å²) in [7, 11) is 0. The maximum absolute atomic E-state index is 11.7. The van der Waals surface area contributed by atoms with Crippen molar-refractivity contribution in [1.29, 1.82) is 0 Å². The lowest BCUT2D eigenvalue weighted by Crippen LogP contribution is -2.22. The van der Waals surface area contributed by atoms with Gasteiger partial charge in [0.25, 0.3) is 5.56 Å². The van der Waals surface area contributed by atoms with E-state index >= 15 is 0 Å². The second-order valence-corrected chi connectivity index (χ2v) is 5.08. The molecule has 0 saturated carbocycles. The van der Waals surface area contributed by atoms with Crippen LogP contribution in [-0.4, -0.2) is 43.5 Å². The third-order valence-electron chi connectivity index (χ3n) is 2.99. The molecule has 5 N–H and O–H groups in total. The van der Waals surface area contributed by atoms with E-state index in [1.165, 1.54) is 12.1 Å². The first-order chi connectivity index (χ1) is 10.9. The molecule has 0 spiro atoms. The molecule has 0 saturated heterocycles. The van der Waals surface area contributed by atoms with Crippen molar-refractivity contribution in [2.24, 2.45) is 4.99 Å². The van der Waals surface area contributed by atoms with Crippen LogP contribution < -0.4 is 5.56 Å². The third-order valence-corrected chi connectivity index (χ3v) is 3.20. The van der Waals surface area contributed by atoms with E-state index in [2.05, 4.69) is 15.0 Å². The molecule has 8 nitrogen and oxygen atoms in total. The van der Waals surface area contributed by atoms with Gasteiger partial charge in [0.2, 0.25) is 5.88 Å². The molecule has 1 aromatic carbocycles. The van der Waals surface area contributed by atoms with E-state index in [9.17, 15) is 24.9 Å². The van der Waals surface area contributed by atoms with Crippen LogP contribution in [0, 0.1) is 4.77 Å². The summed E-state index contributed by atoms with van der Waals surface area (Å²) >= 11 is 4.69. The minimum atomic E-state index is -1.19. The monoisotopic (exact) mass is 335 g/mol. The summed E-state index contributed by atoms with van der Waals surface area (Å²) in [5.74, 6) is -1.61. The van der Waals surface area contributed by atoms with Gasteiger partial charge in [0.1, 0.15) is 11.3 Å². The molecule has 2 rings (SSSR count). The number of phenols is 1. The number of carbonyl (C=O) groups is 1. The van der Waals surface area contributed by atoms with E-state index < -0.39 is 23.5 Å². The quantitative estimate of drug-likeness (QED) is 0.407. The van der Waals surface area contributed by atoms with Gasteiger partial charge in [0.15, 0.2) is 10.8 Å². The maximum Gasteiger partial charge on any atom is 0.328 e. The van der Waals surface area contributed by atoms with Crippen LogP contribution >= 0.6 is 12.2 Å². The molecule has 1 atom stereocenters. The van der Waals surface area contributed by atoms with Crippen LogP contribution in [-0.2, 0) is 11.2 Å². The summed E-state index contributed by atoms with van der Waals surface area (Å²) in [6.07, 6.45) is 1.05. The number of aromatic amines is 2. The van der Waals surface area contributed by atoms with Gasteiger partial charge in [-0.1, -0.05) is 12.1 Å². The molecule has 0 amide bonds. The highest BCUT2D eigenvalue weighted by Crippen LogP contribution is 2.13. The number of aromatic nitrogens is 2. The van der Waals surface area contributed by atoms with Crippen LogP contribution in [0.3, 0.4) is 0 Å². The second-order valence-electron chi connectivity index (χ2n) is 4.67. The first kappa shape index (κ1) is 16.4. The van der Waals surface area contributed by atoms with E-state index in [0.717, 1.165) is 6.21 Å². The standard InChI is InChI=1S/C14H13N3O5S/c18-8-3-1-7(2-4-8)5-10(13(21)22)15-6-9-11(19)16-14(23)17-12(9)20/h1-4,6,10,18H,5H2,(H,21,22)(H3,16,17,19,20,23)/t10-/m0/s1. The van der Waals surface area contributed by atoms with Gasteiger partial charge in [-0.2, -0.15) is 0 Å². The number of aliphatic carboxylic acids is 1. The summed E-state index contributed by atoms with van der Waals surface area (Å²) in [4.78, 5) is 31.4. The predicted molar refractivity (Wildman–Crippen MR) is 84.7 cm³/mol. The van der Waals surface area contributed by atoms with Gasteiger partial charge in [-0.15, -0.1) is 0 Å². The molecule has 0 fully saturated rings. The fourth-order valence-electron chi connectivity index (χ4n) is 1.83. The minimum Gasteiger partial charge on any atom is -0.508 e. The highest BCUT2D eigenvalue weighted by Gasteiger charge is 2.17. The number of aromatic hydroxyl groups is 2. The van der Waals surface area contributed by atoms with Gasteiger partial charge >= 0.3 is 5.97 Å². The molecule has 9 heteroatoms. The fraction of sp³-hybridized carbons (Fsp3) is 0.143. The van der Waals surface area contributed by atoms with Crippen LogP contribution in [0.2, 0.25) is 0 Å². The topological polar surface area (TPSA) is 139 Å². The first-order valence-corrected chi connectivity index (χ1v) is 6.87. The van der Waals surface area contributed by atoms with Crippen molar-refractivity contribution in [3.63, 3.8) is 0 Å². The molecule has 2 aromatic rings. The van der Waals surface area contributed by atoms with Crippen LogP contribution in [0.25, 0.3) is 0 Å². The van der Waals surface area contributed by atoms with Crippen molar-refractivity contribution < 1.29 is 20.1 Å². The Morgan fingerprint density at radius 1 is 1.26 bits per heavy atom. The summed E-state index contributed by atoms with van der Waals surface area (Å²) in [5.41, 5.74) is -0.239. The Bertz CT molecular complexity index is 854. The van der Waals surface area contributed by atoms with Gasteiger partial charge < -0.3 is 20.3 Å². The Morgan fingerprint density at radius 2 is 1.91 bits per heavy atom. The zero-order valence-electron chi connectivity index (χ0n) is 11.7. The van der Waals surface area contributed by atoms with E-state index in [1.54, 1.807) is 12.1 Å². The van der Waals surface area contributed by atoms with E-state index in [-0.39, 0.29) is 22.5 Å². The number of carboxylic acid groups (broad SMARTS) is 1. The number of rotatable bonds is 5. The number of nitrogens with one attached hydrogen (secondary N) is 2. The van der Waals surface area contributed by atoms with Crippen molar-refractivity contribution in [2.75, 3.05) is 0 Å². The molecule has 1 heterocycles. The lowest BCUT2D eigenvalue weighted by molar-refractivity contribution is -0.138. The minimum absolute atomic E-state index is 0.0523. The molecule has 120 valence electrons. The Hall–Kier alpha value is -2.94. The highest BCUT2D eigenvalue weighted by molar-refractivity contribution is 7.71. The van der Waals surface area contributed by atoms with Gasteiger partial charge in [-0.3, -0.25) is 14.8 Å². The largest absolute Gasteiger partial charge is 0.508 e. The van der Waals surface area contributed by atoms with Crippen molar-refractivity contribution in [3.8, 4) is 11.6 Å². The molecular formula is C14H13N3O5S. The van der Waals surface area contributed by atoms with Crippen LogP contribution in [0.5, 0.6) is 11.6 Å². The van der Waals surface area contributed by atoms with Crippen LogP contribution in [0.1, 0.15) is 11.1 Å². The number of nitrogens with zero attached hydrogens (tertiary/aromatic N) is 1. The normalized spacial score (nSPS) is 12.3. The van der Waals surface area contributed by atoms with Crippen LogP contribution in [0.4, 0.5) is 0 Å². The first-order valence-electron chi connectivity index (χ1n) is 6.46.